The summed E-state index contributed by atoms with van der Waals surface area (Å²) in [4.78, 5) is 0. The summed E-state index contributed by atoms with van der Waals surface area (Å²) in [5.74, 6) is -11.3. The Morgan fingerprint density at radius 1 is 0.929 bits per heavy atom. The third-order valence-corrected chi connectivity index (χ3v) is 1.68. The van der Waals surface area contributed by atoms with E-state index in [0.29, 0.717) is 13.0 Å². The van der Waals surface area contributed by atoms with E-state index >= 15 is 0 Å². The number of alkyl halides is 7. The van der Waals surface area contributed by atoms with Crippen LogP contribution in [-0.4, -0.2) is 18.0 Å². The molecule has 0 atom stereocenters. The van der Waals surface area contributed by atoms with Crippen LogP contribution in [0, 0.1) is 0 Å². The van der Waals surface area contributed by atoms with Crippen LogP contribution in [0.3, 0.4) is 0 Å². The predicted molar refractivity (Wildman–Crippen MR) is 35.4 cm³/mol. The molecule has 0 rings (SSSR count). The monoisotopic (exact) mass is 224 g/mol. The largest absolute Gasteiger partial charge is 0.460 e. The molecule has 0 bridgehead atoms. The zero-order valence-electron chi connectivity index (χ0n) is 7.22. The molecule has 0 unspecified atom stereocenters. The number of hydrogen-bond donors (Lipinski definition) is 0. The van der Waals surface area contributed by atoms with Gasteiger partial charge >= 0.3 is 18.0 Å². The molecule has 84 valence electrons. The molecule has 0 aliphatic carbocycles. The summed E-state index contributed by atoms with van der Waals surface area (Å²) >= 11 is 0. The fourth-order valence-corrected chi connectivity index (χ4v) is 0.607. The van der Waals surface area contributed by atoms with Gasteiger partial charge in [-0.15, -0.1) is 0 Å². The van der Waals surface area contributed by atoms with Gasteiger partial charge in [-0.05, 0) is 19.4 Å². The highest BCUT2D eigenvalue weighted by Crippen LogP contribution is 2.49. The molecule has 0 fully saturated rings. The Morgan fingerprint density at radius 2 is 1.29 bits per heavy atom. The number of halogens is 7. The summed E-state index contributed by atoms with van der Waals surface area (Å²) in [7, 11) is 0. The van der Waals surface area contributed by atoms with Crippen LogP contribution in [0.5, 0.6) is 0 Å². The van der Waals surface area contributed by atoms with Crippen LogP contribution in [0.4, 0.5) is 30.7 Å². The van der Waals surface area contributed by atoms with Crippen LogP contribution in [0.2, 0.25) is 0 Å². The van der Waals surface area contributed by atoms with Crippen molar-refractivity contribution in [2.45, 2.75) is 31.9 Å². The smallest absolute Gasteiger partial charge is 0.194 e. The molecule has 0 heterocycles. The minimum absolute atomic E-state index is 0.514. The number of allylic oxidation sites excluding steroid dienone is 2. The molecule has 0 N–H and O–H groups in total. The molecule has 0 saturated carbocycles. The number of hydrogen-bond acceptors (Lipinski definition) is 0. The van der Waals surface area contributed by atoms with Crippen LogP contribution >= 0.6 is 0 Å². The van der Waals surface area contributed by atoms with Gasteiger partial charge in [0.25, 0.3) is 0 Å². The van der Waals surface area contributed by atoms with Crippen molar-refractivity contribution in [1.82, 2.24) is 0 Å². The van der Waals surface area contributed by atoms with Crippen molar-refractivity contribution in [2.24, 2.45) is 0 Å². The van der Waals surface area contributed by atoms with Crippen molar-refractivity contribution in [3.05, 3.63) is 11.6 Å². The van der Waals surface area contributed by atoms with E-state index in [1.807, 2.05) is 0 Å². The molecule has 7 heteroatoms. The lowest BCUT2D eigenvalue weighted by atomic mass is 10.0. The summed E-state index contributed by atoms with van der Waals surface area (Å²) in [6.07, 6.45) is -5.75. The van der Waals surface area contributed by atoms with Gasteiger partial charge in [-0.2, -0.15) is 30.7 Å². The third kappa shape index (κ3) is 1.85. The Bertz CT molecular complexity index is 235. The molecule has 0 aromatic carbocycles. The fourth-order valence-electron chi connectivity index (χ4n) is 0.607. The van der Waals surface area contributed by atoms with Gasteiger partial charge in [0.15, 0.2) is 0 Å². The first kappa shape index (κ1) is 13.2. The molecule has 0 aromatic heterocycles. The topological polar surface area (TPSA) is 0 Å². The highest BCUT2D eigenvalue weighted by atomic mass is 19.4. The maximum absolute atomic E-state index is 12.6. The van der Waals surface area contributed by atoms with Crippen molar-refractivity contribution < 1.29 is 30.7 Å². The molecule has 0 nitrogen and oxygen atoms in total. The first-order valence-corrected chi connectivity index (χ1v) is 3.44. The number of rotatable bonds is 2. The van der Waals surface area contributed by atoms with Gasteiger partial charge in [-0.3, -0.25) is 0 Å². The Kier molecular flexibility index (Phi) is 3.25. The van der Waals surface area contributed by atoms with Gasteiger partial charge in [-0.25, -0.2) is 0 Å². The zero-order valence-corrected chi connectivity index (χ0v) is 7.22. The Morgan fingerprint density at radius 3 is 1.50 bits per heavy atom. The highest BCUT2D eigenvalue weighted by molar-refractivity contribution is 5.15. The molecule has 0 aliphatic rings. The van der Waals surface area contributed by atoms with Gasteiger partial charge in [-0.1, -0.05) is 6.08 Å². The maximum Gasteiger partial charge on any atom is 0.460 e. The van der Waals surface area contributed by atoms with E-state index in [0.717, 1.165) is 6.92 Å². The molecule has 0 radical (unpaired) electrons. The lowest BCUT2D eigenvalue weighted by Gasteiger charge is -2.28. The molecule has 14 heavy (non-hydrogen) atoms. The minimum Gasteiger partial charge on any atom is -0.194 e. The highest BCUT2D eigenvalue weighted by Gasteiger charge is 2.73. The molecule has 0 amide bonds. The maximum atomic E-state index is 12.6. The molecular formula is C7H7F7. The van der Waals surface area contributed by atoms with Gasteiger partial charge in [0, 0.05) is 0 Å². The molecular weight excluding hydrogens is 217 g/mol. The van der Waals surface area contributed by atoms with Crippen LogP contribution in [0.15, 0.2) is 11.6 Å². The van der Waals surface area contributed by atoms with Crippen molar-refractivity contribution in [1.29, 1.82) is 0 Å². The lowest BCUT2D eigenvalue weighted by Crippen LogP contribution is -2.52. The van der Waals surface area contributed by atoms with E-state index in [9.17, 15) is 30.7 Å². The molecule has 0 spiro atoms. The van der Waals surface area contributed by atoms with Crippen LogP contribution in [0.25, 0.3) is 0 Å². The minimum atomic E-state index is -6.26. The molecule has 0 aliphatic heterocycles. The van der Waals surface area contributed by atoms with E-state index in [-0.39, 0.29) is 0 Å². The zero-order chi connectivity index (χ0) is 11.8. The Labute approximate surface area is 75.4 Å². The second kappa shape index (κ2) is 3.43. The Hall–Kier alpha value is -0.750. The van der Waals surface area contributed by atoms with Crippen molar-refractivity contribution >= 4 is 0 Å². The third-order valence-electron chi connectivity index (χ3n) is 1.68. The van der Waals surface area contributed by atoms with Gasteiger partial charge < -0.3 is 0 Å². The summed E-state index contributed by atoms with van der Waals surface area (Å²) in [6, 6.07) is 0. The van der Waals surface area contributed by atoms with E-state index < -0.39 is 23.6 Å². The van der Waals surface area contributed by atoms with Crippen LogP contribution < -0.4 is 0 Å². The van der Waals surface area contributed by atoms with Crippen molar-refractivity contribution in [3.63, 3.8) is 0 Å². The Balaban J connectivity index is 5.29. The summed E-state index contributed by atoms with van der Waals surface area (Å²) in [5, 5.41) is 0. The average Bonchev–Trinajstić information content (AvgIpc) is 2.00. The van der Waals surface area contributed by atoms with E-state index in [1.165, 1.54) is 0 Å². The van der Waals surface area contributed by atoms with Gasteiger partial charge in [0.1, 0.15) is 0 Å². The van der Waals surface area contributed by atoms with E-state index in [2.05, 4.69) is 0 Å². The van der Waals surface area contributed by atoms with Crippen molar-refractivity contribution in [3.8, 4) is 0 Å². The standard InChI is InChI=1S/C7H7F7/c1-3-4(2)5(8,9)6(10,11)7(12,13)14/h3H,1-2H3. The van der Waals surface area contributed by atoms with Gasteiger partial charge in [0.05, 0.1) is 0 Å². The average molecular weight is 224 g/mol. The fraction of sp³-hybridized carbons (Fsp3) is 0.714. The quantitative estimate of drug-likeness (QED) is 0.494. The second-order valence-corrected chi connectivity index (χ2v) is 2.62. The van der Waals surface area contributed by atoms with Gasteiger partial charge in [0.2, 0.25) is 0 Å². The molecule has 0 aromatic rings. The van der Waals surface area contributed by atoms with E-state index in [1.54, 1.807) is 0 Å². The first-order chi connectivity index (χ1) is 5.98. The first-order valence-electron chi connectivity index (χ1n) is 3.44. The van der Waals surface area contributed by atoms with Crippen molar-refractivity contribution in [2.75, 3.05) is 0 Å². The second-order valence-electron chi connectivity index (χ2n) is 2.62. The van der Waals surface area contributed by atoms with E-state index in [4.69, 9.17) is 0 Å². The molecule has 0 saturated heterocycles. The predicted octanol–water partition coefficient (Wildman–Crippen LogP) is 3.79. The summed E-state index contributed by atoms with van der Waals surface area (Å²) < 4.78 is 84.3. The SMILES string of the molecule is CC=C(C)C(F)(F)C(F)(F)C(F)(F)F. The lowest BCUT2D eigenvalue weighted by molar-refractivity contribution is -0.344. The normalized spacial score (nSPS) is 15.9. The van der Waals surface area contributed by atoms with Crippen LogP contribution in [0.1, 0.15) is 13.8 Å². The summed E-state index contributed by atoms with van der Waals surface area (Å²) in [5.41, 5.74) is -1.32. The summed E-state index contributed by atoms with van der Waals surface area (Å²) in [6.45, 7) is 1.47. The van der Waals surface area contributed by atoms with Crippen LogP contribution in [-0.2, 0) is 0 Å².